The molecule has 7 heteroatoms. The number of nitrogens with one attached hydrogen (secondary N) is 1. The molecule has 9 N–H and O–H groups in total. The molecule has 7 nitrogen and oxygen atoms in total. The van der Waals surface area contributed by atoms with Crippen LogP contribution in [0.5, 0.6) is 0 Å². The second-order valence-electron chi connectivity index (χ2n) is 2.90. The van der Waals surface area contributed by atoms with E-state index in [2.05, 4.69) is 9.98 Å². The van der Waals surface area contributed by atoms with Gasteiger partial charge in [0, 0.05) is 0 Å². The van der Waals surface area contributed by atoms with E-state index >= 15 is 0 Å². The van der Waals surface area contributed by atoms with E-state index in [1.165, 1.54) is 0 Å². The zero-order valence-corrected chi connectivity index (χ0v) is 7.20. The average molecular weight is 191 g/mol. The summed E-state index contributed by atoms with van der Waals surface area (Å²) in [7, 11) is 0. The fourth-order valence-corrected chi connectivity index (χ4v) is 0.890. The number of hydrogen-bond acceptors (Lipinski definition) is 5. The fraction of sp³-hybridized carbons (Fsp3) is 0. The SMILES string of the molecule is N=C(N=c1c(N)c1N)N=c1c(N)c1N. The number of nitrogens with two attached hydrogens (primary N) is 4. The molecule has 2 rings (SSSR count). The van der Waals surface area contributed by atoms with Gasteiger partial charge in [-0.15, -0.1) is 0 Å². The molecular weight excluding hydrogens is 182 g/mol. The van der Waals surface area contributed by atoms with Crippen molar-refractivity contribution >= 4 is 28.7 Å². The minimum atomic E-state index is -0.207. The van der Waals surface area contributed by atoms with Crippen LogP contribution in [0.25, 0.3) is 0 Å². The van der Waals surface area contributed by atoms with Gasteiger partial charge in [0.05, 0.1) is 22.7 Å². The summed E-state index contributed by atoms with van der Waals surface area (Å²) in [4.78, 5) is 7.50. The molecule has 14 heavy (non-hydrogen) atoms. The third kappa shape index (κ3) is 1.11. The first-order chi connectivity index (χ1) is 6.52. The van der Waals surface area contributed by atoms with Crippen molar-refractivity contribution in [1.29, 1.82) is 5.41 Å². The molecule has 2 aromatic rings. The van der Waals surface area contributed by atoms with E-state index in [-0.39, 0.29) is 5.96 Å². The normalized spacial score (nSPS) is 10.9. The predicted octanol–water partition coefficient (Wildman–Crippen LogP) is -1.80. The third-order valence-electron chi connectivity index (χ3n) is 1.91. The van der Waals surface area contributed by atoms with Gasteiger partial charge in [-0.25, -0.2) is 9.98 Å². The van der Waals surface area contributed by atoms with Crippen LogP contribution in [0.2, 0.25) is 0 Å². The van der Waals surface area contributed by atoms with Crippen molar-refractivity contribution < 1.29 is 0 Å². The van der Waals surface area contributed by atoms with Gasteiger partial charge in [-0.2, -0.15) is 0 Å². The second-order valence-corrected chi connectivity index (χ2v) is 2.90. The van der Waals surface area contributed by atoms with E-state index in [1.54, 1.807) is 0 Å². The molecule has 0 fully saturated rings. The van der Waals surface area contributed by atoms with Gasteiger partial charge in [-0.3, -0.25) is 5.41 Å². The maximum absolute atomic E-state index is 7.34. The highest BCUT2D eigenvalue weighted by Crippen LogP contribution is 2.14. The number of nitrogen functional groups attached to an aromatic ring is 4. The molecule has 0 radical (unpaired) electrons. The zero-order valence-electron chi connectivity index (χ0n) is 7.20. The van der Waals surface area contributed by atoms with E-state index in [9.17, 15) is 0 Å². The topological polar surface area (TPSA) is 153 Å². The lowest BCUT2D eigenvalue weighted by Gasteiger charge is -1.79. The Morgan fingerprint density at radius 1 is 0.786 bits per heavy atom. The van der Waals surface area contributed by atoms with Gasteiger partial charge in [0.1, 0.15) is 10.7 Å². The highest BCUT2D eigenvalue weighted by molar-refractivity contribution is 5.87. The standard InChI is InChI=1S/C7H9N7/c8-1-2(9)5(1)13-7(12)14-6-3(10)4(6)11/h12H,8-11H2. The zero-order chi connectivity index (χ0) is 10.5. The van der Waals surface area contributed by atoms with E-state index in [0.29, 0.717) is 33.5 Å². The van der Waals surface area contributed by atoms with Crippen LogP contribution in [-0.2, 0) is 0 Å². The summed E-state index contributed by atoms with van der Waals surface area (Å²) in [5.41, 5.74) is 23.2. The molecule has 2 aromatic carbocycles. The molecule has 0 aromatic heterocycles. The molecule has 0 bridgehead atoms. The van der Waals surface area contributed by atoms with Crippen molar-refractivity contribution in [2.45, 2.75) is 0 Å². The lowest BCUT2D eigenvalue weighted by Crippen LogP contribution is -2.00. The molecule has 0 spiro atoms. The molecule has 0 aliphatic carbocycles. The quantitative estimate of drug-likeness (QED) is 0.246. The van der Waals surface area contributed by atoms with Crippen LogP contribution >= 0.6 is 0 Å². The number of anilines is 4. The molecule has 72 valence electrons. The first-order valence-corrected chi connectivity index (χ1v) is 3.80. The van der Waals surface area contributed by atoms with Crippen LogP contribution in [0.3, 0.4) is 0 Å². The van der Waals surface area contributed by atoms with Gasteiger partial charge in [-0.05, 0) is 0 Å². The number of hydrogen-bond donors (Lipinski definition) is 5. The van der Waals surface area contributed by atoms with Crippen molar-refractivity contribution in [2.75, 3.05) is 22.9 Å². The van der Waals surface area contributed by atoms with Crippen molar-refractivity contribution in [1.82, 2.24) is 0 Å². The van der Waals surface area contributed by atoms with Crippen molar-refractivity contribution in [3.05, 3.63) is 10.7 Å². The van der Waals surface area contributed by atoms with Gasteiger partial charge in [0.15, 0.2) is 0 Å². The Balaban J connectivity index is 2.22. The Bertz CT molecular complexity index is 472. The summed E-state index contributed by atoms with van der Waals surface area (Å²) in [6, 6.07) is 0. The van der Waals surface area contributed by atoms with E-state index in [1.807, 2.05) is 0 Å². The van der Waals surface area contributed by atoms with Crippen LogP contribution in [-0.4, -0.2) is 5.96 Å². The maximum Gasteiger partial charge on any atom is 0.243 e. The highest BCUT2D eigenvalue weighted by atomic mass is 15.1. The average Bonchev–Trinajstić information content (AvgIpc) is 2.89. The van der Waals surface area contributed by atoms with Crippen LogP contribution < -0.4 is 33.6 Å². The summed E-state index contributed by atoms with van der Waals surface area (Å²) in [6.45, 7) is 0. The maximum atomic E-state index is 7.34. The predicted molar refractivity (Wildman–Crippen MR) is 54.1 cm³/mol. The summed E-state index contributed by atoms with van der Waals surface area (Å²) in [6.07, 6.45) is 0. The highest BCUT2D eigenvalue weighted by Gasteiger charge is 2.15. The van der Waals surface area contributed by atoms with Crippen LogP contribution in [0.4, 0.5) is 22.7 Å². The van der Waals surface area contributed by atoms with E-state index in [0.717, 1.165) is 0 Å². The lowest BCUT2D eigenvalue weighted by atomic mass is 10.8. The summed E-state index contributed by atoms with van der Waals surface area (Å²) in [5, 5.41) is 8.19. The van der Waals surface area contributed by atoms with Crippen molar-refractivity contribution in [3.8, 4) is 0 Å². The Morgan fingerprint density at radius 2 is 1.07 bits per heavy atom. The van der Waals surface area contributed by atoms with Crippen molar-refractivity contribution in [3.63, 3.8) is 0 Å². The molecular formula is C7H9N7. The molecule has 0 amide bonds. The summed E-state index contributed by atoms with van der Waals surface area (Å²) >= 11 is 0. The smallest absolute Gasteiger partial charge is 0.243 e. The lowest BCUT2D eigenvalue weighted by molar-refractivity contribution is 1.30. The van der Waals surface area contributed by atoms with Crippen LogP contribution in [0.15, 0.2) is 9.98 Å². The molecule has 0 atom stereocenters. The second kappa shape index (κ2) is 2.34. The summed E-state index contributed by atoms with van der Waals surface area (Å²) < 4.78 is 0. The van der Waals surface area contributed by atoms with E-state index in [4.69, 9.17) is 28.3 Å². The van der Waals surface area contributed by atoms with Gasteiger partial charge < -0.3 is 22.9 Å². The Labute approximate surface area is 78.6 Å². The summed E-state index contributed by atoms with van der Waals surface area (Å²) in [5.74, 6) is -0.207. The van der Waals surface area contributed by atoms with Gasteiger partial charge >= 0.3 is 0 Å². The van der Waals surface area contributed by atoms with E-state index < -0.39 is 0 Å². The third-order valence-corrected chi connectivity index (χ3v) is 1.91. The van der Waals surface area contributed by atoms with Crippen molar-refractivity contribution in [2.24, 2.45) is 9.98 Å². The van der Waals surface area contributed by atoms with Crippen LogP contribution in [0, 0.1) is 5.41 Å². The van der Waals surface area contributed by atoms with Gasteiger partial charge in [-0.1, -0.05) is 0 Å². The molecule has 0 saturated heterocycles. The Hall–Kier alpha value is -2.31. The first kappa shape index (κ1) is 8.30. The molecule has 0 heterocycles. The minimum Gasteiger partial charge on any atom is -0.395 e. The minimum absolute atomic E-state index is 0.207. The largest absolute Gasteiger partial charge is 0.395 e. The number of rotatable bonds is 0. The molecule has 0 saturated carbocycles. The molecule has 0 aliphatic heterocycles. The molecule has 0 unspecified atom stereocenters. The van der Waals surface area contributed by atoms with Crippen LogP contribution in [0.1, 0.15) is 0 Å². The molecule has 0 aliphatic rings. The Kier molecular flexibility index (Phi) is 1.39. The Morgan fingerprint density at radius 3 is 1.29 bits per heavy atom. The fourth-order valence-electron chi connectivity index (χ4n) is 0.890. The van der Waals surface area contributed by atoms with Gasteiger partial charge in [0.25, 0.3) is 0 Å². The van der Waals surface area contributed by atoms with Gasteiger partial charge in [0.2, 0.25) is 5.96 Å². The number of guanidine groups is 1. The monoisotopic (exact) mass is 191 g/mol. The first-order valence-electron chi connectivity index (χ1n) is 3.80. The number of nitrogens with zero attached hydrogens (tertiary/aromatic N) is 2.